The molecule has 2 aliphatic heterocycles. The monoisotopic (exact) mass is 762 g/mol. The van der Waals surface area contributed by atoms with Crippen molar-refractivity contribution in [2.45, 2.75) is 29.6 Å². The van der Waals surface area contributed by atoms with Gasteiger partial charge in [-0.2, -0.15) is 9.36 Å². The van der Waals surface area contributed by atoms with Gasteiger partial charge in [-0.05, 0) is 13.8 Å². The highest BCUT2D eigenvalue weighted by molar-refractivity contribution is 8.07. The van der Waals surface area contributed by atoms with Crippen molar-refractivity contribution < 1.29 is 58.6 Å². The molecule has 48 heavy (non-hydrogen) atoms. The third-order valence-corrected chi connectivity index (χ3v) is 10.5. The Balaban J connectivity index is 0.00000118. The number of oxime groups is 1. The Labute approximate surface area is 287 Å². The van der Waals surface area contributed by atoms with E-state index in [-0.39, 0.29) is 34.5 Å². The molecule has 0 radical (unpaired) electrons. The van der Waals surface area contributed by atoms with E-state index in [1.54, 1.807) is 6.92 Å². The molecule has 3 aromatic rings. The van der Waals surface area contributed by atoms with Crippen LogP contribution in [0.15, 0.2) is 50.0 Å². The molecule has 2 atom stereocenters. The number of aryl methyl sites for hydroxylation is 1. The van der Waals surface area contributed by atoms with Crippen molar-refractivity contribution in [2.24, 2.45) is 12.2 Å². The van der Waals surface area contributed by atoms with Gasteiger partial charge in [0.15, 0.2) is 16.7 Å². The number of carboxylic acid groups (broad SMARTS) is 2. The highest BCUT2D eigenvalue weighted by atomic mass is 32.2. The fourth-order valence-corrected chi connectivity index (χ4v) is 8.60. The maximum Gasteiger partial charge on any atom is 0.429 e. The second-order valence-corrected chi connectivity index (χ2v) is 14.6. The third kappa shape index (κ3) is 9.56. The van der Waals surface area contributed by atoms with E-state index in [0.717, 1.165) is 23.1 Å². The lowest BCUT2D eigenvalue weighted by Gasteiger charge is -2.49. The Hall–Kier alpha value is -3.96. The number of aliphatic carboxylic acids is 2. The molecular weight excluding hydrogens is 736 g/mol. The van der Waals surface area contributed by atoms with Crippen LogP contribution in [0, 0.1) is 0 Å². The van der Waals surface area contributed by atoms with Crippen LogP contribution in [0.2, 0.25) is 0 Å². The molecule has 5 rings (SSSR count). The van der Waals surface area contributed by atoms with Gasteiger partial charge in [0.05, 0.1) is 5.69 Å². The number of hydrogen-bond acceptors (Lipinski definition) is 15. The number of hydrogen-bond donors (Lipinski definition) is 5. The number of β-lactam (4-membered cyclic amide) rings is 1. The molecule has 0 unspecified atom stereocenters. The molecule has 0 aromatic carbocycles. The van der Waals surface area contributed by atoms with Gasteiger partial charge in [0.25, 0.3) is 11.8 Å². The van der Waals surface area contributed by atoms with Crippen molar-refractivity contribution in [2.75, 3.05) is 17.4 Å². The van der Waals surface area contributed by atoms with Gasteiger partial charge >= 0.3 is 13.7 Å². The molecule has 0 saturated carbocycles. The van der Waals surface area contributed by atoms with Gasteiger partial charge in [0, 0.05) is 51.2 Å². The summed E-state index contributed by atoms with van der Waals surface area (Å²) in [6.45, 7) is 2.67. The van der Waals surface area contributed by atoms with Crippen LogP contribution in [0.4, 0.5) is 5.13 Å². The molecule has 2 aliphatic rings. The number of anilines is 1. The van der Waals surface area contributed by atoms with E-state index in [1.165, 1.54) is 34.9 Å². The highest BCUT2D eigenvalue weighted by Gasteiger charge is 2.54. The largest absolute Gasteiger partial charge is 0.550 e. The molecule has 5 heterocycles. The summed E-state index contributed by atoms with van der Waals surface area (Å²) in [4.78, 5) is 80.7. The van der Waals surface area contributed by atoms with Gasteiger partial charge < -0.3 is 40.4 Å². The van der Waals surface area contributed by atoms with Crippen LogP contribution in [-0.4, -0.2) is 92.9 Å². The molecule has 3 aromatic heterocycles. The first-order valence-corrected chi connectivity index (χ1v) is 18.2. The van der Waals surface area contributed by atoms with Gasteiger partial charge in [-0.1, -0.05) is 16.9 Å². The van der Waals surface area contributed by atoms with Gasteiger partial charge in [-0.3, -0.25) is 19.6 Å². The number of thioether (sulfide) groups is 2. The maximum absolute atomic E-state index is 13.2. The molecule has 24 heteroatoms. The van der Waals surface area contributed by atoms with Crippen molar-refractivity contribution in [3.63, 3.8) is 0 Å². The summed E-state index contributed by atoms with van der Waals surface area (Å²) < 4.78 is 17.6. The van der Waals surface area contributed by atoms with Crippen molar-refractivity contribution in [1.82, 2.24) is 24.6 Å². The number of carboxylic acids is 2. The molecule has 0 bridgehead atoms. The summed E-state index contributed by atoms with van der Waals surface area (Å²) in [5, 5.41) is 27.9. The minimum Gasteiger partial charge on any atom is -0.550 e. The molecule has 7 N–H and O–H groups in total. The SMILES string of the molecule is CC(=O)[O-].CCON=C(C(=O)N[C@@H]1C(=O)N2C(C(=O)O)=C(Sc3nc(-c4cc[n+](C)cc4)cs3)CS[C@H]12)c1nsc(NP(=O)(O)O)n1.O. The summed E-state index contributed by atoms with van der Waals surface area (Å²) in [6.07, 6.45) is 3.80. The van der Waals surface area contributed by atoms with Crippen molar-refractivity contribution in [3.8, 4) is 11.3 Å². The Morgan fingerprint density at radius 1 is 1.27 bits per heavy atom. The number of nitrogens with one attached hydrogen (secondary N) is 2. The number of rotatable bonds is 11. The molecular formula is C24H27N8O11PS4. The number of amides is 2. The van der Waals surface area contributed by atoms with E-state index in [0.29, 0.717) is 20.8 Å². The summed E-state index contributed by atoms with van der Waals surface area (Å²) in [6, 6.07) is 2.77. The summed E-state index contributed by atoms with van der Waals surface area (Å²) in [5.74, 6) is -3.92. The minimum atomic E-state index is -4.67. The van der Waals surface area contributed by atoms with E-state index < -0.39 is 48.6 Å². The zero-order valence-corrected chi connectivity index (χ0v) is 29.1. The minimum absolute atomic E-state index is 0. The molecule has 258 valence electrons. The molecule has 1 saturated heterocycles. The smallest absolute Gasteiger partial charge is 0.429 e. The van der Waals surface area contributed by atoms with Crippen molar-refractivity contribution >= 4 is 88.7 Å². The van der Waals surface area contributed by atoms with Crippen molar-refractivity contribution in [1.29, 1.82) is 0 Å². The zero-order valence-electron chi connectivity index (χ0n) is 24.9. The van der Waals surface area contributed by atoms with Gasteiger partial charge in [0.2, 0.25) is 16.7 Å². The quantitative estimate of drug-likeness (QED) is 0.0523. The molecule has 0 aliphatic carbocycles. The van der Waals surface area contributed by atoms with Crippen LogP contribution >= 0.6 is 54.1 Å². The van der Waals surface area contributed by atoms with E-state index in [4.69, 9.17) is 24.5 Å². The first-order chi connectivity index (χ1) is 22.2. The van der Waals surface area contributed by atoms with E-state index in [2.05, 4.69) is 24.8 Å². The lowest BCUT2D eigenvalue weighted by atomic mass is 10.0. The number of carbonyl (C=O) groups excluding carboxylic acids is 3. The maximum atomic E-state index is 13.2. The zero-order chi connectivity index (χ0) is 34.5. The summed E-state index contributed by atoms with van der Waals surface area (Å²) >= 11 is 4.40. The predicted molar refractivity (Wildman–Crippen MR) is 172 cm³/mol. The lowest BCUT2D eigenvalue weighted by Crippen LogP contribution is -2.71. The average molecular weight is 763 g/mol. The summed E-state index contributed by atoms with van der Waals surface area (Å²) in [5.41, 5.74) is 1.06. The number of thiazole rings is 1. The van der Waals surface area contributed by atoms with Gasteiger partial charge in [0.1, 0.15) is 30.8 Å². The molecule has 0 spiro atoms. The van der Waals surface area contributed by atoms with E-state index >= 15 is 0 Å². The fraction of sp³-hybridized carbons (Fsp3) is 0.292. The Bertz CT molecular complexity index is 1790. The standard InChI is InChI=1S/C22H21N8O8PS4.C2H4O2.H2O/c1-3-38-26-13(16-25-21(43-28-16)27-39(35,36)37)17(31)24-14-18(32)30-15(20(33)34)12(9-40-19(14)30)42-22-23-11(8-41-22)10-4-6-29(2)7-5-10;1-2(3)4;/h4-8,14,19H,3,9H2,1-2H3,(H4-,24,25,27,28,31,33,34,35,36,37);1H3,(H,3,4);1H2/t14-,19-;;/m1../s1. The van der Waals surface area contributed by atoms with Crippen LogP contribution in [0.25, 0.3) is 11.3 Å². The predicted octanol–water partition coefficient (Wildman–Crippen LogP) is -0.849. The van der Waals surface area contributed by atoms with Crippen LogP contribution in [0.5, 0.6) is 0 Å². The number of pyridine rings is 1. The van der Waals surface area contributed by atoms with Crippen LogP contribution < -0.4 is 20.1 Å². The highest BCUT2D eigenvalue weighted by Crippen LogP contribution is 2.46. The number of carbonyl (C=O) groups is 4. The first kappa shape index (κ1) is 38.5. The lowest BCUT2D eigenvalue weighted by molar-refractivity contribution is -0.671. The normalized spacial score (nSPS) is 17.2. The molecule has 1 fully saturated rings. The topological polar surface area (TPSA) is 292 Å². The van der Waals surface area contributed by atoms with Gasteiger partial charge in [-0.25, -0.2) is 18.9 Å². The van der Waals surface area contributed by atoms with Gasteiger partial charge in [-0.15, -0.1) is 23.1 Å². The Kier molecular flexibility index (Phi) is 13.2. The second-order valence-electron chi connectivity index (χ2n) is 9.22. The number of fused-ring (bicyclic) bond motifs is 1. The number of aromatic nitrogens is 4. The Morgan fingerprint density at radius 3 is 2.54 bits per heavy atom. The van der Waals surface area contributed by atoms with E-state index in [9.17, 15) is 24.1 Å². The fourth-order valence-electron chi connectivity index (χ4n) is 3.90. The molecule has 19 nitrogen and oxygen atoms in total. The molecule has 2 amide bonds. The van der Waals surface area contributed by atoms with Crippen LogP contribution in [-0.2, 0) is 35.6 Å². The first-order valence-electron chi connectivity index (χ1n) is 13.0. The average Bonchev–Trinajstić information content (AvgIpc) is 3.64. The van der Waals surface area contributed by atoms with E-state index in [1.807, 2.05) is 46.6 Å². The van der Waals surface area contributed by atoms with Crippen LogP contribution in [0.3, 0.4) is 0 Å². The van der Waals surface area contributed by atoms with Crippen molar-refractivity contribution in [3.05, 3.63) is 46.3 Å². The summed E-state index contributed by atoms with van der Waals surface area (Å²) in [7, 11) is -2.77. The number of nitrogens with zero attached hydrogens (tertiary/aromatic N) is 6. The third-order valence-electron chi connectivity index (χ3n) is 5.77. The van der Waals surface area contributed by atoms with Crippen LogP contribution in [0.1, 0.15) is 19.7 Å². The Morgan fingerprint density at radius 2 is 1.94 bits per heavy atom. The second kappa shape index (κ2) is 16.4.